The van der Waals surface area contributed by atoms with Gasteiger partial charge in [-0.1, -0.05) is 26.3 Å². The van der Waals surface area contributed by atoms with E-state index in [2.05, 4.69) is 70.7 Å². The molecule has 0 atom stereocenters. The van der Waals surface area contributed by atoms with Gasteiger partial charge in [-0.3, -0.25) is 9.98 Å². The van der Waals surface area contributed by atoms with E-state index in [0.29, 0.717) is 0 Å². The van der Waals surface area contributed by atoms with Gasteiger partial charge in [-0.25, -0.2) is 0 Å². The highest BCUT2D eigenvalue weighted by atomic mass is 32.1. The van der Waals surface area contributed by atoms with Crippen molar-refractivity contribution >= 4 is 34.5 Å². The second-order valence-corrected chi connectivity index (χ2v) is 9.24. The van der Waals surface area contributed by atoms with Crippen LogP contribution in [0.4, 0.5) is 0 Å². The maximum absolute atomic E-state index is 4.21. The fourth-order valence-electron chi connectivity index (χ4n) is 2.51. The Balaban J connectivity index is 0.000000377. The Labute approximate surface area is 198 Å². The Morgan fingerprint density at radius 2 is 1.16 bits per heavy atom. The molecular formula is C25H40N4S2. The van der Waals surface area contributed by atoms with Crippen LogP contribution in [0.1, 0.15) is 69.1 Å². The Hall–Kier alpha value is -1.92. The first-order valence-electron chi connectivity index (χ1n) is 10.9. The molecule has 0 unspecified atom stereocenters. The minimum atomic E-state index is 0.922. The number of aryl methyl sites for hydroxylation is 4. The summed E-state index contributed by atoms with van der Waals surface area (Å²) in [4.78, 5) is 10.9. The Morgan fingerprint density at radius 1 is 0.710 bits per heavy atom. The third-order valence-corrected chi connectivity index (χ3v) is 5.49. The van der Waals surface area contributed by atoms with E-state index in [-0.39, 0.29) is 0 Å². The smallest absolute Gasteiger partial charge is 0.0606 e. The molecule has 31 heavy (non-hydrogen) atoms. The zero-order valence-corrected chi connectivity index (χ0v) is 22.7. The van der Waals surface area contributed by atoms with E-state index in [0.717, 1.165) is 36.6 Å². The highest BCUT2D eigenvalue weighted by molar-refractivity contribution is 7.05. The van der Waals surface area contributed by atoms with Gasteiger partial charge in [0.1, 0.15) is 0 Å². The van der Waals surface area contributed by atoms with Crippen molar-refractivity contribution in [1.82, 2.24) is 8.75 Å². The van der Waals surface area contributed by atoms with Crippen molar-refractivity contribution in [2.75, 3.05) is 13.1 Å². The maximum Gasteiger partial charge on any atom is 0.0606 e. The SMILES string of the molecule is CC.CC1=CC(C)=NC1.CCC1=CC(C)=NC1.Cc1cc(C)sn1.Cc1cc(C)sn1. The number of hydrogen-bond donors (Lipinski definition) is 0. The van der Waals surface area contributed by atoms with Gasteiger partial charge in [-0.2, -0.15) is 8.75 Å². The van der Waals surface area contributed by atoms with Crippen LogP contribution in [0.15, 0.2) is 45.4 Å². The van der Waals surface area contributed by atoms with Crippen molar-refractivity contribution in [3.8, 4) is 0 Å². The third kappa shape index (κ3) is 14.7. The molecule has 0 spiro atoms. The molecule has 6 heteroatoms. The monoisotopic (exact) mass is 460 g/mol. The molecule has 0 saturated carbocycles. The molecule has 4 nitrogen and oxygen atoms in total. The van der Waals surface area contributed by atoms with Crippen LogP contribution in [0.3, 0.4) is 0 Å². The van der Waals surface area contributed by atoms with Crippen LogP contribution < -0.4 is 0 Å². The summed E-state index contributed by atoms with van der Waals surface area (Å²) in [5.74, 6) is 0. The second kappa shape index (κ2) is 16.7. The normalized spacial score (nSPS) is 13.5. The number of aromatic nitrogens is 2. The quantitative estimate of drug-likeness (QED) is 0.437. The van der Waals surface area contributed by atoms with Gasteiger partial charge < -0.3 is 0 Å². The van der Waals surface area contributed by atoms with Crippen LogP contribution in [0, 0.1) is 27.7 Å². The fraction of sp³-hybridized carbons (Fsp3) is 0.520. The van der Waals surface area contributed by atoms with Gasteiger partial charge >= 0.3 is 0 Å². The van der Waals surface area contributed by atoms with E-state index in [1.54, 1.807) is 23.1 Å². The molecule has 0 radical (unpaired) electrons. The summed E-state index contributed by atoms with van der Waals surface area (Å²) in [6.45, 7) is 22.3. The average molecular weight is 461 g/mol. The van der Waals surface area contributed by atoms with Gasteiger partial charge in [0.15, 0.2) is 0 Å². The number of rotatable bonds is 1. The minimum Gasteiger partial charge on any atom is -0.286 e. The van der Waals surface area contributed by atoms with Gasteiger partial charge in [0.25, 0.3) is 0 Å². The van der Waals surface area contributed by atoms with Crippen LogP contribution in [-0.4, -0.2) is 33.3 Å². The van der Waals surface area contributed by atoms with Gasteiger partial charge in [-0.05, 0) is 108 Å². The molecule has 2 aromatic rings. The summed E-state index contributed by atoms with van der Waals surface area (Å²) in [6.07, 6.45) is 5.43. The molecule has 0 N–H and O–H groups in total. The summed E-state index contributed by atoms with van der Waals surface area (Å²) < 4.78 is 8.12. The lowest BCUT2D eigenvalue weighted by atomic mass is 10.2. The average Bonchev–Trinajstić information content (AvgIpc) is 3.51. The minimum absolute atomic E-state index is 0.922. The standard InChI is InChI=1S/C7H11N.C6H9N.2C5H7NS.C2H6/c1-3-7-4-6(2)8-5-7;1-5-3-6(2)7-4-5;2*1-4-3-5(2)7-6-4;1-2/h4H,3,5H2,1-2H3;3H,4H2,1-2H3;2*3H,1-2H3;1-2H3. The van der Waals surface area contributed by atoms with Gasteiger partial charge in [0.2, 0.25) is 0 Å². The summed E-state index contributed by atoms with van der Waals surface area (Å²) in [6, 6.07) is 4.15. The number of hydrogen-bond acceptors (Lipinski definition) is 6. The van der Waals surface area contributed by atoms with E-state index in [1.807, 2.05) is 41.5 Å². The largest absolute Gasteiger partial charge is 0.286 e. The summed E-state index contributed by atoms with van der Waals surface area (Å²) in [7, 11) is 0. The molecule has 0 bridgehead atoms. The highest BCUT2D eigenvalue weighted by Gasteiger charge is 1.99. The first-order valence-corrected chi connectivity index (χ1v) is 12.4. The molecule has 2 aromatic heterocycles. The van der Waals surface area contributed by atoms with Crippen molar-refractivity contribution in [2.24, 2.45) is 9.98 Å². The van der Waals surface area contributed by atoms with E-state index in [9.17, 15) is 0 Å². The maximum atomic E-state index is 4.21. The van der Waals surface area contributed by atoms with E-state index < -0.39 is 0 Å². The Morgan fingerprint density at radius 3 is 1.29 bits per heavy atom. The number of nitrogens with zero attached hydrogens (tertiary/aromatic N) is 4. The van der Waals surface area contributed by atoms with Crippen molar-refractivity contribution in [2.45, 2.75) is 75.7 Å². The van der Waals surface area contributed by atoms with Crippen molar-refractivity contribution in [3.63, 3.8) is 0 Å². The second-order valence-electron chi connectivity index (χ2n) is 7.22. The lowest BCUT2D eigenvalue weighted by Crippen LogP contribution is -1.77. The topological polar surface area (TPSA) is 50.5 Å². The predicted molar refractivity (Wildman–Crippen MR) is 143 cm³/mol. The van der Waals surface area contributed by atoms with Crippen LogP contribution in [-0.2, 0) is 0 Å². The molecule has 0 aromatic carbocycles. The van der Waals surface area contributed by atoms with E-state index in [4.69, 9.17) is 0 Å². The van der Waals surface area contributed by atoms with Crippen LogP contribution >= 0.6 is 23.1 Å². The van der Waals surface area contributed by atoms with Crippen molar-refractivity contribution < 1.29 is 0 Å². The lowest BCUT2D eigenvalue weighted by molar-refractivity contribution is 1.03. The highest BCUT2D eigenvalue weighted by Crippen LogP contribution is 2.08. The van der Waals surface area contributed by atoms with Crippen LogP contribution in [0.5, 0.6) is 0 Å². The molecule has 4 rings (SSSR count). The first-order chi connectivity index (χ1) is 14.7. The summed E-state index contributed by atoms with van der Waals surface area (Å²) in [5, 5.41) is 0. The molecule has 0 fully saturated rings. The predicted octanol–water partition coefficient (Wildman–Crippen LogP) is 7.75. The lowest BCUT2D eigenvalue weighted by Gasteiger charge is -1.87. The molecule has 0 aliphatic carbocycles. The van der Waals surface area contributed by atoms with Crippen LogP contribution in [0.25, 0.3) is 0 Å². The summed E-state index contributed by atoms with van der Waals surface area (Å²) >= 11 is 3.11. The Kier molecular flexibility index (Phi) is 15.7. The van der Waals surface area contributed by atoms with Gasteiger partial charge in [0.05, 0.1) is 24.5 Å². The van der Waals surface area contributed by atoms with Crippen LogP contribution in [0.2, 0.25) is 0 Å². The summed E-state index contributed by atoms with van der Waals surface area (Å²) in [5.41, 5.74) is 7.43. The number of aliphatic imine (C=N–C) groups is 2. The molecule has 2 aliphatic heterocycles. The molecule has 0 saturated heterocycles. The zero-order chi connectivity index (χ0) is 23.8. The van der Waals surface area contributed by atoms with Gasteiger partial charge in [0, 0.05) is 21.2 Å². The molecule has 0 amide bonds. The van der Waals surface area contributed by atoms with E-state index in [1.165, 1.54) is 26.6 Å². The third-order valence-electron chi connectivity index (χ3n) is 3.92. The molecule has 2 aliphatic rings. The first kappa shape index (κ1) is 29.1. The van der Waals surface area contributed by atoms with Crippen molar-refractivity contribution in [3.05, 3.63) is 56.6 Å². The fourth-order valence-corrected chi connectivity index (χ4v) is 3.63. The van der Waals surface area contributed by atoms with E-state index >= 15 is 0 Å². The molecular weight excluding hydrogens is 420 g/mol. The Bertz CT molecular complexity index is 812. The number of allylic oxidation sites excluding steroid dienone is 2. The molecule has 172 valence electrons. The van der Waals surface area contributed by atoms with Crippen molar-refractivity contribution in [1.29, 1.82) is 0 Å². The zero-order valence-electron chi connectivity index (χ0n) is 21.0. The molecule has 4 heterocycles. The van der Waals surface area contributed by atoms with Gasteiger partial charge in [-0.15, -0.1) is 0 Å².